The molecule has 1 unspecified atom stereocenters. The van der Waals surface area contributed by atoms with Gasteiger partial charge in [0.1, 0.15) is 11.9 Å². The molecule has 0 spiro atoms. The van der Waals surface area contributed by atoms with Gasteiger partial charge in [-0.15, -0.1) is 0 Å². The summed E-state index contributed by atoms with van der Waals surface area (Å²) in [5.41, 5.74) is 0.502. The SMILES string of the molecule is OC1(c2ccc(OC3CCSC3)cc2)CC1. The van der Waals surface area contributed by atoms with Crippen molar-refractivity contribution in [3.05, 3.63) is 29.8 Å². The molecule has 2 nitrogen and oxygen atoms in total. The summed E-state index contributed by atoms with van der Waals surface area (Å²) >= 11 is 1.95. The quantitative estimate of drug-likeness (QED) is 0.874. The van der Waals surface area contributed by atoms with Crippen LogP contribution in [0.4, 0.5) is 0 Å². The Balaban J connectivity index is 1.67. The molecule has 2 fully saturated rings. The van der Waals surface area contributed by atoms with Gasteiger partial charge in [-0.1, -0.05) is 12.1 Å². The second-order valence-corrected chi connectivity index (χ2v) is 5.81. The maximum Gasteiger partial charge on any atom is 0.119 e. The van der Waals surface area contributed by atoms with E-state index in [-0.39, 0.29) is 0 Å². The first-order valence-electron chi connectivity index (χ1n) is 5.84. The minimum atomic E-state index is -0.526. The smallest absolute Gasteiger partial charge is 0.119 e. The summed E-state index contributed by atoms with van der Waals surface area (Å²) in [5, 5.41) is 9.93. The van der Waals surface area contributed by atoms with Crippen molar-refractivity contribution in [2.75, 3.05) is 11.5 Å². The summed E-state index contributed by atoms with van der Waals surface area (Å²) in [7, 11) is 0. The van der Waals surface area contributed by atoms with Crippen LogP contribution in [-0.2, 0) is 5.60 Å². The second kappa shape index (κ2) is 3.97. The summed E-state index contributed by atoms with van der Waals surface area (Å²) in [5.74, 6) is 3.24. The van der Waals surface area contributed by atoms with Gasteiger partial charge in [-0.3, -0.25) is 0 Å². The van der Waals surface area contributed by atoms with Crippen LogP contribution in [0, 0.1) is 0 Å². The summed E-state index contributed by atoms with van der Waals surface area (Å²) < 4.78 is 5.86. The molecule has 3 heteroatoms. The largest absolute Gasteiger partial charge is 0.490 e. The fourth-order valence-electron chi connectivity index (χ4n) is 2.05. The van der Waals surface area contributed by atoms with Gasteiger partial charge in [-0.2, -0.15) is 11.8 Å². The third-order valence-electron chi connectivity index (χ3n) is 3.31. The Bertz CT molecular complexity index is 364. The summed E-state index contributed by atoms with van der Waals surface area (Å²) in [6.45, 7) is 0. The molecule has 0 aromatic heterocycles. The van der Waals surface area contributed by atoms with E-state index in [2.05, 4.69) is 0 Å². The maximum atomic E-state index is 9.93. The van der Waals surface area contributed by atoms with Gasteiger partial charge < -0.3 is 9.84 Å². The highest BCUT2D eigenvalue weighted by atomic mass is 32.2. The predicted octanol–water partition coefficient (Wildman–Crippen LogP) is 2.55. The van der Waals surface area contributed by atoms with E-state index in [0.29, 0.717) is 6.10 Å². The number of hydrogen-bond acceptors (Lipinski definition) is 3. The summed E-state index contributed by atoms with van der Waals surface area (Å²) in [4.78, 5) is 0. The van der Waals surface area contributed by atoms with Crippen molar-refractivity contribution in [2.45, 2.75) is 31.0 Å². The monoisotopic (exact) mass is 236 g/mol. The molecule has 3 rings (SSSR count). The zero-order valence-corrected chi connectivity index (χ0v) is 10.0. The van der Waals surface area contributed by atoms with Gasteiger partial charge in [0.15, 0.2) is 0 Å². The van der Waals surface area contributed by atoms with Crippen molar-refractivity contribution in [1.82, 2.24) is 0 Å². The first-order valence-corrected chi connectivity index (χ1v) is 6.99. The number of hydrogen-bond donors (Lipinski definition) is 1. The maximum absolute atomic E-state index is 9.93. The Hall–Kier alpha value is -0.670. The highest BCUT2D eigenvalue weighted by Gasteiger charge is 2.41. The average Bonchev–Trinajstić information content (AvgIpc) is 2.85. The van der Waals surface area contributed by atoms with Crippen LogP contribution in [0.3, 0.4) is 0 Å². The molecule has 1 saturated heterocycles. The Kier molecular flexibility index (Phi) is 2.60. The topological polar surface area (TPSA) is 29.5 Å². The van der Waals surface area contributed by atoms with Crippen LogP contribution in [0.15, 0.2) is 24.3 Å². The molecule has 2 aliphatic rings. The third-order valence-corrected chi connectivity index (χ3v) is 4.44. The van der Waals surface area contributed by atoms with Gasteiger partial charge >= 0.3 is 0 Å². The second-order valence-electron chi connectivity index (χ2n) is 4.66. The van der Waals surface area contributed by atoms with Crippen LogP contribution in [0.5, 0.6) is 5.75 Å². The van der Waals surface area contributed by atoms with E-state index in [0.717, 1.165) is 36.3 Å². The van der Waals surface area contributed by atoms with Crippen molar-refractivity contribution >= 4 is 11.8 Å². The van der Waals surface area contributed by atoms with Crippen molar-refractivity contribution < 1.29 is 9.84 Å². The Morgan fingerprint density at radius 1 is 1.25 bits per heavy atom. The lowest BCUT2D eigenvalue weighted by atomic mass is 10.1. The third kappa shape index (κ3) is 2.06. The first-order chi connectivity index (χ1) is 7.76. The van der Waals surface area contributed by atoms with Crippen LogP contribution in [0.1, 0.15) is 24.8 Å². The van der Waals surface area contributed by atoms with Gasteiger partial charge in [0.25, 0.3) is 0 Å². The molecular formula is C13H16O2S. The van der Waals surface area contributed by atoms with Crippen molar-refractivity contribution in [3.63, 3.8) is 0 Å². The Labute approximate surface area is 100 Å². The number of aliphatic hydroxyl groups is 1. The molecular weight excluding hydrogens is 220 g/mol. The van der Waals surface area contributed by atoms with Crippen molar-refractivity contribution in [1.29, 1.82) is 0 Å². The zero-order chi connectivity index (χ0) is 11.0. The lowest BCUT2D eigenvalue weighted by Crippen LogP contribution is -2.14. The molecule has 1 atom stereocenters. The fourth-order valence-corrected chi connectivity index (χ4v) is 3.14. The lowest BCUT2D eigenvalue weighted by Gasteiger charge is -2.14. The van der Waals surface area contributed by atoms with E-state index in [4.69, 9.17) is 4.74 Å². The Morgan fingerprint density at radius 2 is 2.00 bits per heavy atom. The molecule has 0 amide bonds. The van der Waals surface area contributed by atoms with E-state index >= 15 is 0 Å². The van der Waals surface area contributed by atoms with E-state index in [9.17, 15) is 5.11 Å². The standard InChI is InChI=1S/C13H16O2S/c14-13(6-7-13)10-1-3-11(4-2-10)15-12-5-8-16-9-12/h1-4,12,14H,5-9H2. The molecule has 0 radical (unpaired) electrons. The average molecular weight is 236 g/mol. The highest BCUT2D eigenvalue weighted by Crippen LogP contribution is 2.45. The minimum Gasteiger partial charge on any atom is -0.490 e. The van der Waals surface area contributed by atoms with Gasteiger partial charge in [-0.25, -0.2) is 0 Å². The molecule has 1 saturated carbocycles. The molecule has 1 aliphatic heterocycles. The summed E-state index contributed by atoms with van der Waals surface area (Å²) in [6.07, 6.45) is 3.31. The van der Waals surface area contributed by atoms with E-state index in [1.54, 1.807) is 0 Å². The fraction of sp³-hybridized carbons (Fsp3) is 0.538. The van der Waals surface area contributed by atoms with E-state index < -0.39 is 5.60 Å². The number of thioether (sulfide) groups is 1. The number of ether oxygens (including phenoxy) is 1. The highest BCUT2D eigenvalue weighted by molar-refractivity contribution is 7.99. The van der Waals surface area contributed by atoms with Gasteiger partial charge in [0.05, 0.1) is 5.60 Å². The number of benzene rings is 1. The number of rotatable bonds is 3. The van der Waals surface area contributed by atoms with Crippen LogP contribution in [0.25, 0.3) is 0 Å². The lowest BCUT2D eigenvalue weighted by molar-refractivity contribution is 0.151. The van der Waals surface area contributed by atoms with E-state index in [1.807, 2.05) is 36.0 Å². The van der Waals surface area contributed by atoms with Gasteiger partial charge in [-0.05, 0) is 42.7 Å². The zero-order valence-electron chi connectivity index (χ0n) is 9.19. The first kappa shape index (κ1) is 10.5. The Morgan fingerprint density at radius 3 is 2.56 bits per heavy atom. The molecule has 1 aliphatic carbocycles. The molecule has 1 heterocycles. The molecule has 86 valence electrons. The van der Waals surface area contributed by atoms with Crippen molar-refractivity contribution in [3.8, 4) is 5.75 Å². The van der Waals surface area contributed by atoms with Crippen LogP contribution >= 0.6 is 11.8 Å². The predicted molar refractivity (Wildman–Crippen MR) is 65.9 cm³/mol. The molecule has 0 bridgehead atoms. The summed E-state index contributed by atoms with van der Waals surface area (Å²) in [6, 6.07) is 7.94. The molecule has 1 aromatic rings. The molecule has 1 aromatic carbocycles. The van der Waals surface area contributed by atoms with E-state index in [1.165, 1.54) is 5.75 Å². The van der Waals surface area contributed by atoms with Crippen LogP contribution in [0.2, 0.25) is 0 Å². The van der Waals surface area contributed by atoms with Crippen LogP contribution < -0.4 is 4.74 Å². The van der Waals surface area contributed by atoms with Crippen LogP contribution in [-0.4, -0.2) is 22.7 Å². The molecule has 16 heavy (non-hydrogen) atoms. The van der Waals surface area contributed by atoms with Gasteiger partial charge in [0.2, 0.25) is 0 Å². The normalized spacial score (nSPS) is 26.7. The van der Waals surface area contributed by atoms with Gasteiger partial charge in [0, 0.05) is 5.75 Å². The molecule has 1 N–H and O–H groups in total. The minimum absolute atomic E-state index is 0.375. The van der Waals surface area contributed by atoms with Crippen molar-refractivity contribution in [2.24, 2.45) is 0 Å².